The Balaban J connectivity index is 2.19. The number of hydrogen-bond donors (Lipinski definition) is 1. The zero-order valence-corrected chi connectivity index (χ0v) is 11.9. The van der Waals surface area contributed by atoms with Crippen molar-refractivity contribution < 1.29 is 4.74 Å². The first-order valence-electron chi connectivity index (χ1n) is 6.46. The number of anilines is 1. The number of nitrogens with zero attached hydrogens (tertiary/aromatic N) is 2. The summed E-state index contributed by atoms with van der Waals surface area (Å²) in [6.07, 6.45) is 2.02. The van der Waals surface area contributed by atoms with E-state index >= 15 is 0 Å². The van der Waals surface area contributed by atoms with Crippen LogP contribution in [0.1, 0.15) is 44.0 Å². The van der Waals surface area contributed by atoms with E-state index in [0.29, 0.717) is 11.2 Å². The molecule has 5 heteroatoms. The van der Waals surface area contributed by atoms with Gasteiger partial charge in [-0.1, -0.05) is 25.4 Å². The number of nitrogens with one attached hydrogen (secondary N) is 1. The number of hydrogen-bond acceptors (Lipinski definition) is 4. The van der Waals surface area contributed by atoms with Gasteiger partial charge in [0.15, 0.2) is 0 Å². The maximum Gasteiger partial charge on any atom is 0.137 e. The highest BCUT2D eigenvalue weighted by Gasteiger charge is 2.17. The van der Waals surface area contributed by atoms with Gasteiger partial charge in [-0.15, -0.1) is 0 Å². The van der Waals surface area contributed by atoms with Crippen LogP contribution in [0.2, 0.25) is 5.15 Å². The summed E-state index contributed by atoms with van der Waals surface area (Å²) in [4.78, 5) is 8.89. The zero-order chi connectivity index (χ0) is 13.1. The quantitative estimate of drug-likeness (QED) is 0.857. The number of ether oxygens (including phenoxy) is 1. The Hall–Kier alpha value is -0.870. The first-order valence-corrected chi connectivity index (χ1v) is 6.84. The van der Waals surface area contributed by atoms with Gasteiger partial charge in [0.05, 0.1) is 0 Å². The standard InChI is InChI=1S/C13H20ClN3O/c1-8(2)12-16-11(14)9(3)13(17-12)15-10-4-6-18-7-5-10/h8,10H,4-7H2,1-3H3,(H,15,16,17). The lowest BCUT2D eigenvalue weighted by atomic mass is 10.1. The van der Waals surface area contributed by atoms with Crippen molar-refractivity contribution in [1.82, 2.24) is 9.97 Å². The first-order chi connectivity index (χ1) is 8.58. The highest BCUT2D eigenvalue weighted by Crippen LogP contribution is 2.24. The fourth-order valence-electron chi connectivity index (χ4n) is 1.94. The van der Waals surface area contributed by atoms with Gasteiger partial charge in [0, 0.05) is 30.7 Å². The molecule has 0 spiro atoms. The van der Waals surface area contributed by atoms with E-state index in [2.05, 4.69) is 29.1 Å². The molecule has 4 nitrogen and oxygen atoms in total. The molecule has 0 amide bonds. The van der Waals surface area contributed by atoms with Crippen molar-refractivity contribution in [1.29, 1.82) is 0 Å². The third kappa shape index (κ3) is 3.12. The average molecular weight is 270 g/mol. The van der Waals surface area contributed by atoms with Crippen molar-refractivity contribution in [2.75, 3.05) is 18.5 Å². The Kier molecular flexibility index (Phi) is 4.40. The Morgan fingerprint density at radius 1 is 1.28 bits per heavy atom. The minimum atomic E-state index is 0.276. The largest absolute Gasteiger partial charge is 0.381 e. The van der Waals surface area contributed by atoms with Crippen LogP contribution in [0, 0.1) is 6.92 Å². The predicted molar refractivity (Wildman–Crippen MR) is 73.3 cm³/mol. The van der Waals surface area contributed by atoms with Crippen molar-refractivity contribution >= 4 is 17.4 Å². The highest BCUT2D eigenvalue weighted by atomic mass is 35.5. The molecule has 1 fully saturated rings. The number of aromatic nitrogens is 2. The first kappa shape index (κ1) is 13.6. The van der Waals surface area contributed by atoms with Gasteiger partial charge in [-0.25, -0.2) is 9.97 Å². The molecule has 1 aliphatic rings. The van der Waals surface area contributed by atoms with Crippen LogP contribution in [0.3, 0.4) is 0 Å². The Labute approximate surface area is 113 Å². The lowest BCUT2D eigenvalue weighted by Gasteiger charge is -2.24. The fourth-order valence-corrected chi connectivity index (χ4v) is 2.12. The normalized spacial score (nSPS) is 17.2. The zero-order valence-electron chi connectivity index (χ0n) is 11.2. The minimum absolute atomic E-state index is 0.276. The van der Waals surface area contributed by atoms with Crippen LogP contribution in [0.4, 0.5) is 5.82 Å². The SMILES string of the molecule is Cc1c(Cl)nc(C(C)C)nc1NC1CCOCC1. The third-order valence-corrected chi connectivity index (χ3v) is 3.55. The second-order valence-electron chi connectivity index (χ2n) is 5.03. The molecule has 0 atom stereocenters. The van der Waals surface area contributed by atoms with Crippen molar-refractivity contribution in [3.05, 3.63) is 16.5 Å². The van der Waals surface area contributed by atoms with E-state index in [1.807, 2.05) is 6.92 Å². The van der Waals surface area contributed by atoms with Crippen molar-refractivity contribution in [3.8, 4) is 0 Å². The molecule has 1 saturated heterocycles. The van der Waals surface area contributed by atoms with Gasteiger partial charge in [-0.3, -0.25) is 0 Å². The van der Waals surface area contributed by atoms with Crippen molar-refractivity contribution in [3.63, 3.8) is 0 Å². The van der Waals surface area contributed by atoms with Crippen LogP contribution < -0.4 is 5.32 Å². The fraction of sp³-hybridized carbons (Fsp3) is 0.692. The van der Waals surface area contributed by atoms with Crippen LogP contribution in [-0.4, -0.2) is 29.2 Å². The second-order valence-corrected chi connectivity index (χ2v) is 5.39. The molecule has 0 saturated carbocycles. The summed E-state index contributed by atoms with van der Waals surface area (Å²) in [6.45, 7) is 7.71. The van der Waals surface area contributed by atoms with Gasteiger partial charge in [0.2, 0.25) is 0 Å². The molecule has 0 radical (unpaired) electrons. The summed E-state index contributed by atoms with van der Waals surface area (Å²) >= 11 is 6.16. The molecular weight excluding hydrogens is 250 g/mol. The van der Waals surface area contributed by atoms with Gasteiger partial charge in [-0.2, -0.15) is 0 Å². The molecule has 0 aliphatic carbocycles. The molecule has 1 N–H and O–H groups in total. The Bertz CT molecular complexity index is 417. The Morgan fingerprint density at radius 3 is 2.56 bits per heavy atom. The summed E-state index contributed by atoms with van der Waals surface area (Å²) < 4.78 is 5.35. The van der Waals surface area contributed by atoms with Gasteiger partial charge >= 0.3 is 0 Å². The maximum absolute atomic E-state index is 6.16. The molecule has 0 bridgehead atoms. The van der Waals surface area contributed by atoms with Gasteiger partial charge < -0.3 is 10.1 Å². The van der Waals surface area contributed by atoms with Crippen LogP contribution in [0.25, 0.3) is 0 Å². The summed E-state index contributed by atoms with van der Waals surface area (Å²) in [5.74, 6) is 1.93. The van der Waals surface area contributed by atoms with Crippen LogP contribution in [-0.2, 0) is 4.74 Å². The molecule has 2 heterocycles. The third-order valence-electron chi connectivity index (χ3n) is 3.18. The monoisotopic (exact) mass is 269 g/mol. The van der Waals surface area contributed by atoms with Crippen LogP contribution >= 0.6 is 11.6 Å². The van der Waals surface area contributed by atoms with Gasteiger partial charge in [0.1, 0.15) is 16.8 Å². The molecule has 100 valence electrons. The van der Waals surface area contributed by atoms with E-state index in [9.17, 15) is 0 Å². The van der Waals surface area contributed by atoms with E-state index in [1.54, 1.807) is 0 Å². The maximum atomic E-state index is 6.16. The summed E-state index contributed by atoms with van der Waals surface area (Å²) in [7, 11) is 0. The minimum Gasteiger partial charge on any atom is -0.381 e. The van der Waals surface area contributed by atoms with Crippen molar-refractivity contribution in [2.45, 2.75) is 45.6 Å². The van der Waals surface area contributed by atoms with E-state index < -0.39 is 0 Å². The van der Waals surface area contributed by atoms with Gasteiger partial charge in [0.25, 0.3) is 0 Å². The lowest BCUT2D eigenvalue weighted by Crippen LogP contribution is -2.28. The summed E-state index contributed by atoms with van der Waals surface area (Å²) in [5.41, 5.74) is 0.924. The van der Waals surface area contributed by atoms with E-state index in [4.69, 9.17) is 16.3 Å². The summed E-state index contributed by atoms with van der Waals surface area (Å²) in [6, 6.07) is 0.420. The Morgan fingerprint density at radius 2 is 1.94 bits per heavy atom. The molecule has 0 aromatic carbocycles. The smallest absolute Gasteiger partial charge is 0.137 e. The molecule has 1 aliphatic heterocycles. The molecule has 1 aromatic rings. The molecule has 0 unspecified atom stereocenters. The summed E-state index contributed by atoms with van der Waals surface area (Å²) in [5, 5.41) is 4.01. The highest BCUT2D eigenvalue weighted by molar-refractivity contribution is 6.30. The van der Waals surface area contributed by atoms with Crippen LogP contribution in [0.5, 0.6) is 0 Å². The molecule has 1 aromatic heterocycles. The number of rotatable bonds is 3. The number of halogens is 1. The van der Waals surface area contributed by atoms with Crippen LogP contribution in [0.15, 0.2) is 0 Å². The average Bonchev–Trinajstić information content (AvgIpc) is 2.35. The van der Waals surface area contributed by atoms with E-state index in [-0.39, 0.29) is 5.92 Å². The molecule has 2 rings (SSSR count). The lowest BCUT2D eigenvalue weighted by molar-refractivity contribution is 0.0903. The molecule has 18 heavy (non-hydrogen) atoms. The van der Waals surface area contributed by atoms with Gasteiger partial charge in [-0.05, 0) is 19.8 Å². The predicted octanol–water partition coefficient (Wildman–Crippen LogP) is 3.15. The van der Waals surface area contributed by atoms with Crippen molar-refractivity contribution in [2.24, 2.45) is 0 Å². The molecular formula is C13H20ClN3O. The topological polar surface area (TPSA) is 47.0 Å². The van der Waals surface area contributed by atoms with E-state index in [1.165, 1.54) is 0 Å². The van der Waals surface area contributed by atoms with E-state index in [0.717, 1.165) is 43.3 Å². The second kappa shape index (κ2) is 5.85.